The molecule has 0 aliphatic heterocycles. The summed E-state index contributed by atoms with van der Waals surface area (Å²) in [5.41, 5.74) is 0. The van der Waals surface area contributed by atoms with Crippen molar-refractivity contribution in [2.45, 2.75) is 13.0 Å². The van der Waals surface area contributed by atoms with E-state index in [1.165, 1.54) is 6.92 Å². The van der Waals surface area contributed by atoms with Crippen LogP contribution in [0.15, 0.2) is 0 Å². The Morgan fingerprint density at radius 3 is 1.45 bits per heavy atom. The highest BCUT2D eigenvalue weighted by Crippen LogP contribution is 2.16. The molecule has 0 radical (unpaired) electrons. The van der Waals surface area contributed by atoms with Gasteiger partial charge in [0.1, 0.15) is 0 Å². The van der Waals surface area contributed by atoms with Crippen molar-refractivity contribution in [2.75, 3.05) is 67.6 Å². The average molecular weight is 340 g/mol. The molecule has 0 saturated carbocycles. The van der Waals surface area contributed by atoms with Gasteiger partial charge in [-0.05, 0) is 0 Å². The maximum atomic E-state index is 10.9. The second-order valence-electron chi connectivity index (χ2n) is 4.30. The molecule has 0 rings (SSSR count). The van der Waals surface area contributed by atoms with Crippen LogP contribution in [0.1, 0.15) is 6.92 Å². The molecule has 22 heavy (non-hydrogen) atoms. The highest BCUT2D eigenvalue weighted by molar-refractivity contribution is 6.60. The molecule has 9 heteroatoms. The summed E-state index contributed by atoms with van der Waals surface area (Å²) in [7, 11) is 1.77. The number of hydrogen-bond acceptors (Lipinski definition) is 8. The van der Waals surface area contributed by atoms with Gasteiger partial charge in [0.25, 0.3) is 0 Å². The first-order valence-electron chi connectivity index (χ1n) is 7.12. The third-order valence-corrected chi connectivity index (χ3v) is 5.29. The van der Waals surface area contributed by atoms with Crippen LogP contribution in [0.5, 0.6) is 0 Å². The van der Waals surface area contributed by atoms with E-state index in [1.54, 1.807) is 21.3 Å². The summed E-state index contributed by atoms with van der Waals surface area (Å²) in [6, 6.07) is 0.365. The lowest BCUT2D eigenvalue weighted by atomic mass is 10.8. The van der Waals surface area contributed by atoms with E-state index < -0.39 is 8.80 Å². The molecule has 132 valence electrons. The molecule has 0 spiro atoms. The minimum atomic E-state index is -2.99. The largest absolute Gasteiger partial charge is 0.504 e. The van der Waals surface area contributed by atoms with Crippen molar-refractivity contribution >= 4 is 14.8 Å². The molecule has 0 N–H and O–H groups in total. The van der Waals surface area contributed by atoms with Crippen molar-refractivity contribution in [3.63, 3.8) is 0 Å². The predicted molar refractivity (Wildman–Crippen MR) is 80.7 cm³/mol. The van der Waals surface area contributed by atoms with Crippen LogP contribution >= 0.6 is 0 Å². The molecule has 0 aromatic carbocycles. The molecular formula is C13H28O8Si. The van der Waals surface area contributed by atoms with Gasteiger partial charge in [0.2, 0.25) is 0 Å². The maximum absolute atomic E-state index is 10.9. The fraction of sp³-hybridized carbons (Fsp3) is 0.923. The van der Waals surface area contributed by atoms with Crippen LogP contribution in [-0.2, 0) is 37.0 Å². The number of carbonyl (C=O) groups is 1. The summed E-state index contributed by atoms with van der Waals surface area (Å²) in [4.78, 5) is 10.9. The van der Waals surface area contributed by atoms with Gasteiger partial charge in [-0.1, -0.05) is 0 Å². The van der Waals surface area contributed by atoms with E-state index in [-0.39, 0.29) is 12.6 Å². The number of methoxy groups -OCH3 is 3. The van der Waals surface area contributed by atoms with Crippen LogP contribution in [0.25, 0.3) is 0 Å². The summed E-state index contributed by atoms with van der Waals surface area (Å²) in [5, 5.41) is 0. The molecule has 0 unspecified atom stereocenters. The number of rotatable bonds is 15. The third kappa shape index (κ3) is 11.1. The number of carbonyl (C=O) groups excluding carboxylic acids is 1. The summed E-state index contributed by atoms with van der Waals surface area (Å²) >= 11 is 0. The van der Waals surface area contributed by atoms with Gasteiger partial charge in [0.05, 0.1) is 52.3 Å². The van der Waals surface area contributed by atoms with E-state index in [0.29, 0.717) is 45.7 Å². The Labute approximate surface area is 133 Å². The molecule has 0 aromatic rings. The van der Waals surface area contributed by atoms with Gasteiger partial charge >= 0.3 is 14.8 Å². The van der Waals surface area contributed by atoms with Gasteiger partial charge in [0, 0.05) is 28.3 Å². The summed E-state index contributed by atoms with van der Waals surface area (Å²) in [5.74, 6) is -0.353. The lowest BCUT2D eigenvalue weighted by Crippen LogP contribution is -2.48. The van der Waals surface area contributed by atoms with Gasteiger partial charge in [-0.25, -0.2) is 0 Å². The molecule has 0 bridgehead atoms. The molecule has 0 aromatic heterocycles. The Balaban J connectivity index is 4.64. The average Bonchev–Trinajstić information content (AvgIpc) is 2.47. The van der Waals surface area contributed by atoms with Gasteiger partial charge in [-0.3, -0.25) is 4.79 Å². The summed E-state index contributed by atoms with van der Waals surface area (Å²) in [6.45, 7) is 3.80. The van der Waals surface area contributed by atoms with E-state index in [1.807, 2.05) is 0 Å². The van der Waals surface area contributed by atoms with Crippen LogP contribution < -0.4 is 0 Å². The van der Waals surface area contributed by atoms with Crippen LogP contribution in [0, 0.1) is 0 Å². The van der Waals surface area contributed by atoms with Crippen molar-refractivity contribution in [1.82, 2.24) is 0 Å². The smallest absolute Gasteiger partial charge is 0.466 e. The van der Waals surface area contributed by atoms with Crippen LogP contribution in [0.4, 0.5) is 0 Å². The number of ether oxygens (including phenoxy) is 4. The SMILES string of the molecule is COCCO[Si](CCOC(C)=O)(OCCOC)OCCOC. The highest BCUT2D eigenvalue weighted by atomic mass is 28.4. The van der Waals surface area contributed by atoms with Gasteiger partial charge in [0.15, 0.2) is 0 Å². The van der Waals surface area contributed by atoms with Gasteiger partial charge < -0.3 is 32.2 Å². The van der Waals surface area contributed by atoms with E-state index in [9.17, 15) is 4.79 Å². The Morgan fingerprint density at radius 1 is 0.727 bits per heavy atom. The van der Waals surface area contributed by atoms with Crippen molar-refractivity contribution in [2.24, 2.45) is 0 Å². The first kappa shape index (κ1) is 21.4. The lowest BCUT2D eigenvalue weighted by Gasteiger charge is -2.29. The minimum absolute atomic E-state index is 0.175. The van der Waals surface area contributed by atoms with Crippen LogP contribution in [-0.4, -0.2) is 82.4 Å². The Kier molecular flexibility index (Phi) is 13.7. The summed E-state index contributed by atoms with van der Waals surface area (Å²) in [6.07, 6.45) is 0. The van der Waals surface area contributed by atoms with E-state index in [4.69, 9.17) is 32.2 Å². The topological polar surface area (TPSA) is 81.7 Å². The zero-order valence-electron chi connectivity index (χ0n) is 13.9. The first-order valence-corrected chi connectivity index (χ1v) is 9.05. The second kappa shape index (κ2) is 14.1. The molecule has 8 nitrogen and oxygen atoms in total. The van der Waals surface area contributed by atoms with E-state index >= 15 is 0 Å². The van der Waals surface area contributed by atoms with Crippen molar-refractivity contribution in [3.8, 4) is 0 Å². The molecule has 0 aliphatic rings. The monoisotopic (exact) mass is 340 g/mol. The second-order valence-corrected chi connectivity index (χ2v) is 7.03. The minimum Gasteiger partial charge on any atom is -0.466 e. The quantitative estimate of drug-likeness (QED) is 0.242. The zero-order chi connectivity index (χ0) is 16.7. The Hall–Kier alpha value is -0.553. The zero-order valence-corrected chi connectivity index (χ0v) is 14.9. The summed E-state index contributed by atoms with van der Waals surface area (Å²) < 4.78 is 37.4. The van der Waals surface area contributed by atoms with Gasteiger partial charge in [-0.15, -0.1) is 0 Å². The maximum Gasteiger partial charge on any atom is 0.504 e. The molecule has 0 fully saturated rings. The highest BCUT2D eigenvalue weighted by Gasteiger charge is 2.41. The normalized spacial score (nSPS) is 11.6. The predicted octanol–water partition coefficient (Wildman–Crippen LogP) is 0.477. The van der Waals surface area contributed by atoms with Crippen molar-refractivity contribution in [3.05, 3.63) is 0 Å². The number of esters is 1. The van der Waals surface area contributed by atoms with Crippen LogP contribution in [0.3, 0.4) is 0 Å². The fourth-order valence-corrected chi connectivity index (χ4v) is 3.72. The lowest BCUT2D eigenvalue weighted by molar-refractivity contribution is -0.140. The molecule has 0 aliphatic carbocycles. The Bertz CT molecular complexity index is 250. The standard InChI is InChI=1S/C13H28O8Si/c1-13(14)18-11-12-22(19-8-5-15-2,20-9-6-16-3)21-10-7-17-4/h5-12H2,1-4H3. The first-order chi connectivity index (χ1) is 10.6. The molecule has 0 saturated heterocycles. The van der Waals surface area contributed by atoms with Crippen molar-refractivity contribution in [1.29, 1.82) is 0 Å². The third-order valence-electron chi connectivity index (χ3n) is 2.54. The van der Waals surface area contributed by atoms with Crippen LogP contribution in [0.2, 0.25) is 6.04 Å². The molecule has 0 heterocycles. The van der Waals surface area contributed by atoms with Gasteiger partial charge in [-0.2, -0.15) is 0 Å². The van der Waals surface area contributed by atoms with E-state index in [2.05, 4.69) is 0 Å². The van der Waals surface area contributed by atoms with Crippen molar-refractivity contribution < 1.29 is 37.0 Å². The molecule has 0 atom stereocenters. The Morgan fingerprint density at radius 2 is 1.14 bits per heavy atom. The molecular weight excluding hydrogens is 312 g/mol. The fourth-order valence-electron chi connectivity index (χ4n) is 1.50. The molecule has 0 amide bonds. The van der Waals surface area contributed by atoms with E-state index in [0.717, 1.165) is 0 Å². The number of hydrogen-bond donors (Lipinski definition) is 0.